The Balaban J connectivity index is 2.03. The second-order valence-corrected chi connectivity index (χ2v) is 4.96. The highest BCUT2D eigenvalue weighted by molar-refractivity contribution is 9.12. The standard InChI is InChI=1S/C14H13BrN4O/c1-10-7-13(20)18-14(17-10)19-16-9-12(15)8-11-5-3-2-4-6-11/h2-9H,1H3,(H2,17,18,19,20). The van der Waals surface area contributed by atoms with Crippen LogP contribution in [0.1, 0.15) is 11.3 Å². The molecule has 0 atom stereocenters. The van der Waals surface area contributed by atoms with Crippen molar-refractivity contribution in [2.24, 2.45) is 5.10 Å². The molecule has 0 bridgehead atoms. The number of nitrogens with zero attached hydrogens (tertiary/aromatic N) is 2. The zero-order chi connectivity index (χ0) is 14.4. The van der Waals surface area contributed by atoms with Gasteiger partial charge in [0.25, 0.3) is 5.56 Å². The molecule has 2 rings (SSSR count). The van der Waals surface area contributed by atoms with Crippen molar-refractivity contribution < 1.29 is 0 Å². The normalized spacial score (nSPS) is 11.8. The van der Waals surface area contributed by atoms with Gasteiger partial charge in [-0.15, -0.1) is 0 Å². The zero-order valence-electron chi connectivity index (χ0n) is 10.8. The maximum Gasteiger partial charge on any atom is 0.252 e. The Morgan fingerprint density at radius 1 is 1.40 bits per heavy atom. The average molecular weight is 333 g/mol. The number of aromatic nitrogens is 2. The summed E-state index contributed by atoms with van der Waals surface area (Å²) in [4.78, 5) is 17.9. The molecule has 0 aliphatic rings. The maximum absolute atomic E-state index is 11.2. The highest BCUT2D eigenvalue weighted by Crippen LogP contribution is 2.10. The second-order valence-electron chi connectivity index (χ2n) is 4.05. The number of H-pyrrole nitrogens is 1. The second kappa shape index (κ2) is 6.81. The topological polar surface area (TPSA) is 70.1 Å². The number of hydrogen-bond acceptors (Lipinski definition) is 4. The molecule has 0 saturated heterocycles. The Morgan fingerprint density at radius 3 is 2.85 bits per heavy atom. The summed E-state index contributed by atoms with van der Waals surface area (Å²) in [5.74, 6) is 0.311. The van der Waals surface area contributed by atoms with E-state index in [0.717, 1.165) is 10.0 Å². The van der Waals surface area contributed by atoms with Crippen LogP contribution in [0.25, 0.3) is 6.08 Å². The largest absolute Gasteiger partial charge is 0.291 e. The van der Waals surface area contributed by atoms with Gasteiger partial charge >= 0.3 is 0 Å². The summed E-state index contributed by atoms with van der Waals surface area (Å²) in [7, 11) is 0. The Labute approximate surface area is 124 Å². The van der Waals surface area contributed by atoms with Crippen LogP contribution < -0.4 is 11.0 Å². The molecule has 1 aromatic carbocycles. The van der Waals surface area contributed by atoms with Crippen molar-refractivity contribution in [3.05, 3.63) is 62.5 Å². The summed E-state index contributed by atoms with van der Waals surface area (Å²) >= 11 is 3.40. The van der Waals surface area contributed by atoms with Crippen LogP contribution in [0.15, 0.2) is 50.8 Å². The number of nitrogens with one attached hydrogen (secondary N) is 2. The summed E-state index contributed by atoms with van der Waals surface area (Å²) < 4.78 is 0.797. The van der Waals surface area contributed by atoms with E-state index in [9.17, 15) is 4.79 Å². The van der Waals surface area contributed by atoms with Gasteiger partial charge in [-0.2, -0.15) is 5.10 Å². The molecule has 102 valence electrons. The molecule has 20 heavy (non-hydrogen) atoms. The van der Waals surface area contributed by atoms with Crippen LogP contribution in [-0.4, -0.2) is 16.2 Å². The van der Waals surface area contributed by atoms with Crippen molar-refractivity contribution in [1.82, 2.24) is 9.97 Å². The molecule has 0 aliphatic heterocycles. The first-order valence-electron chi connectivity index (χ1n) is 5.93. The quantitative estimate of drug-likeness (QED) is 0.668. The predicted molar refractivity (Wildman–Crippen MR) is 85.1 cm³/mol. The van der Waals surface area contributed by atoms with Crippen LogP contribution in [0.3, 0.4) is 0 Å². The third-order valence-corrected chi connectivity index (χ3v) is 2.77. The van der Waals surface area contributed by atoms with E-state index in [1.54, 1.807) is 13.1 Å². The van der Waals surface area contributed by atoms with Crippen molar-refractivity contribution in [2.45, 2.75) is 6.92 Å². The summed E-state index contributed by atoms with van der Waals surface area (Å²) in [6.45, 7) is 1.75. The molecule has 0 saturated carbocycles. The van der Waals surface area contributed by atoms with Gasteiger partial charge in [0.15, 0.2) is 0 Å². The SMILES string of the molecule is Cc1cc(=O)[nH]c(NN=CC(Br)=Cc2ccccc2)n1. The third kappa shape index (κ3) is 4.47. The number of anilines is 1. The van der Waals surface area contributed by atoms with E-state index in [0.29, 0.717) is 11.6 Å². The molecule has 0 fully saturated rings. The number of allylic oxidation sites excluding steroid dienone is 1. The first-order chi connectivity index (χ1) is 9.63. The number of hydrogen-bond donors (Lipinski definition) is 2. The van der Waals surface area contributed by atoms with E-state index in [4.69, 9.17) is 0 Å². The number of benzene rings is 1. The molecule has 5 nitrogen and oxygen atoms in total. The van der Waals surface area contributed by atoms with E-state index in [1.165, 1.54) is 6.07 Å². The number of rotatable bonds is 4. The van der Waals surface area contributed by atoms with E-state index in [-0.39, 0.29) is 5.56 Å². The van der Waals surface area contributed by atoms with Gasteiger partial charge < -0.3 is 0 Å². The minimum absolute atomic E-state index is 0.214. The van der Waals surface area contributed by atoms with Gasteiger partial charge in [-0.3, -0.25) is 9.78 Å². The number of hydrazone groups is 1. The van der Waals surface area contributed by atoms with Crippen LogP contribution in [0, 0.1) is 6.92 Å². The molecule has 1 heterocycles. The van der Waals surface area contributed by atoms with Crippen molar-refractivity contribution >= 4 is 34.2 Å². The molecule has 0 amide bonds. The summed E-state index contributed by atoms with van der Waals surface area (Å²) in [6.07, 6.45) is 3.52. The van der Waals surface area contributed by atoms with E-state index in [1.807, 2.05) is 36.4 Å². The highest BCUT2D eigenvalue weighted by atomic mass is 79.9. The van der Waals surface area contributed by atoms with Gasteiger partial charge in [-0.05, 0) is 34.5 Å². The fourth-order valence-electron chi connectivity index (χ4n) is 1.53. The van der Waals surface area contributed by atoms with E-state index >= 15 is 0 Å². The fourth-order valence-corrected chi connectivity index (χ4v) is 1.90. The number of halogens is 1. The zero-order valence-corrected chi connectivity index (χ0v) is 12.4. The van der Waals surface area contributed by atoms with Crippen molar-refractivity contribution in [1.29, 1.82) is 0 Å². The molecule has 0 spiro atoms. The Morgan fingerprint density at radius 2 is 2.15 bits per heavy atom. The maximum atomic E-state index is 11.2. The van der Waals surface area contributed by atoms with Gasteiger partial charge in [0, 0.05) is 16.2 Å². The molecule has 2 aromatic rings. The van der Waals surface area contributed by atoms with Crippen LogP contribution in [-0.2, 0) is 0 Å². The molecular weight excluding hydrogens is 320 g/mol. The van der Waals surface area contributed by atoms with Crippen molar-refractivity contribution in [3.8, 4) is 0 Å². The summed E-state index contributed by atoms with van der Waals surface area (Å²) in [5, 5.41) is 4.00. The summed E-state index contributed by atoms with van der Waals surface area (Å²) in [6, 6.07) is 11.3. The van der Waals surface area contributed by atoms with Crippen LogP contribution in [0.4, 0.5) is 5.95 Å². The highest BCUT2D eigenvalue weighted by Gasteiger charge is 1.95. The lowest BCUT2D eigenvalue weighted by atomic mass is 10.2. The molecule has 6 heteroatoms. The lowest BCUT2D eigenvalue weighted by molar-refractivity contribution is 1.04. The van der Waals surface area contributed by atoms with Crippen LogP contribution in [0.5, 0.6) is 0 Å². The average Bonchev–Trinajstić information content (AvgIpc) is 2.38. The Kier molecular flexibility index (Phi) is 4.84. The van der Waals surface area contributed by atoms with Gasteiger partial charge in [0.05, 0.1) is 6.21 Å². The molecule has 0 radical (unpaired) electrons. The smallest absolute Gasteiger partial charge is 0.252 e. The minimum Gasteiger partial charge on any atom is -0.291 e. The van der Waals surface area contributed by atoms with Crippen molar-refractivity contribution in [3.63, 3.8) is 0 Å². The summed E-state index contributed by atoms with van der Waals surface area (Å²) in [5.41, 5.74) is 4.15. The molecule has 2 N–H and O–H groups in total. The fraction of sp³-hybridized carbons (Fsp3) is 0.0714. The van der Waals surface area contributed by atoms with Gasteiger partial charge in [0.1, 0.15) is 0 Å². The minimum atomic E-state index is -0.214. The van der Waals surface area contributed by atoms with E-state index in [2.05, 4.69) is 36.4 Å². The number of aromatic amines is 1. The van der Waals surface area contributed by atoms with Gasteiger partial charge in [-0.25, -0.2) is 10.4 Å². The lowest BCUT2D eigenvalue weighted by Gasteiger charge is -1.99. The Hall–Kier alpha value is -2.21. The van der Waals surface area contributed by atoms with Crippen molar-refractivity contribution in [2.75, 3.05) is 5.43 Å². The van der Waals surface area contributed by atoms with E-state index < -0.39 is 0 Å². The number of aryl methyl sites for hydroxylation is 1. The van der Waals surface area contributed by atoms with Gasteiger partial charge in [-0.1, -0.05) is 30.3 Å². The Bertz CT molecular complexity index is 692. The van der Waals surface area contributed by atoms with Gasteiger partial charge in [0.2, 0.25) is 5.95 Å². The lowest BCUT2D eigenvalue weighted by Crippen LogP contribution is -2.10. The molecule has 0 aliphatic carbocycles. The van der Waals surface area contributed by atoms with Crippen LogP contribution >= 0.6 is 15.9 Å². The predicted octanol–water partition coefficient (Wildman–Crippen LogP) is 2.91. The first kappa shape index (κ1) is 14.2. The molecule has 0 unspecified atom stereocenters. The molecular formula is C14H13BrN4O. The molecule has 1 aromatic heterocycles. The van der Waals surface area contributed by atoms with Crippen LogP contribution in [0.2, 0.25) is 0 Å². The monoisotopic (exact) mass is 332 g/mol. The third-order valence-electron chi connectivity index (χ3n) is 2.33. The first-order valence-corrected chi connectivity index (χ1v) is 6.72.